The Kier molecular flexibility index (Phi) is 26.9. The van der Waals surface area contributed by atoms with Gasteiger partial charge in [-0.05, 0) is 65.6 Å². The molecular formula is C30H58O5S. The third-order valence-electron chi connectivity index (χ3n) is 4.62. The summed E-state index contributed by atoms with van der Waals surface area (Å²) in [6, 6.07) is 0. The molecule has 0 aromatic rings. The van der Waals surface area contributed by atoms with Crippen LogP contribution in [0.3, 0.4) is 0 Å². The highest BCUT2D eigenvalue weighted by Gasteiger charge is 2.15. The summed E-state index contributed by atoms with van der Waals surface area (Å²) in [4.78, 5) is 23.5. The average molecular weight is 531 g/mol. The Labute approximate surface area is 240 Å². The molecular weight excluding hydrogens is 472 g/mol. The van der Waals surface area contributed by atoms with E-state index in [1.807, 2.05) is 0 Å². The van der Waals surface area contributed by atoms with Gasteiger partial charge in [0.1, 0.15) is 6.61 Å². The van der Waals surface area contributed by atoms with Crippen LogP contribution in [0.4, 0.5) is 0 Å². The van der Waals surface area contributed by atoms with E-state index in [2.05, 4.69) is 72.0 Å². The third kappa shape index (κ3) is 25.2. The van der Waals surface area contributed by atoms with Crippen LogP contribution >= 0.6 is 13.5 Å². The van der Waals surface area contributed by atoms with Crippen molar-refractivity contribution in [2.45, 2.75) is 90.1 Å². The summed E-state index contributed by atoms with van der Waals surface area (Å²) in [7, 11) is 0. The van der Waals surface area contributed by atoms with Gasteiger partial charge in [0.15, 0.2) is 6.10 Å². The maximum absolute atomic E-state index is 11.9. The highest BCUT2D eigenvalue weighted by molar-refractivity contribution is 7.59. The van der Waals surface area contributed by atoms with Crippen LogP contribution in [0.25, 0.3) is 0 Å². The highest BCUT2D eigenvalue weighted by Crippen LogP contribution is 2.12. The van der Waals surface area contributed by atoms with Gasteiger partial charge >= 0.3 is 11.9 Å². The smallest absolute Gasteiger partial charge is 0.385 e. The van der Waals surface area contributed by atoms with E-state index in [1.165, 1.54) is 51.4 Å². The van der Waals surface area contributed by atoms with Crippen molar-refractivity contribution in [2.75, 3.05) is 13.2 Å². The van der Waals surface area contributed by atoms with Gasteiger partial charge in [-0.15, -0.1) is 6.42 Å². The standard InChI is InChI=1S/C30H34O5.H2S.11H2/c1-3-5-7-9-11-13-15-17-19-21-23-25-30(33)35-28(26-31)27-34-29(32)24-22-20-18-16-14-12-10-8-6-4-2;;;;;;;;;;;;/h2,28,31H,3,5,7,9,11,13,15,17,19,21,23,25-27H2,1H3;1H2;11*1H/t28-;;;;;;;;;;;;/m0............/s1. The number of esters is 2. The fourth-order valence-corrected chi connectivity index (χ4v) is 2.84. The number of unbranched alkanes of at least 4 members (excludes halogenated alkanes) is 10. The van der Waals surface area contributed by atoms with E-state index in [4.69, 9.17) is 15.9 Å². The van der Waals surface area contributed by atoms with Crippen molar-refractivity contribution in [3.8, 4) is 71.5 Å². The molecule has 214 valence electrons. The predicted octanol–water partition coefficient (Wildman–Crippen LogP) is 6.60. The van der Waals surface area contributed by atoms with Gasteiger partial charge in [0.2, 0.25) is 0 Å². The first-order chi connectivity index (χ1) is 17.1. The minimum Gasteiger partial charge on any atom is -0.456 e. The van der Waals surface area contributed by atoms with Crippen molar-refractivity contribution in [1.29, 1.82) is 0 Å². The monoisotopic (exact) mass is 530 g/mol. The first-order valence-electron chi connectivity index (χ1n) is 12.1. The van der Waals surface area contributed by atoms with E-state index in [9.17, 15) is 14.7 Å². The molecule has 0 aliphatic heterocycles. The predicted molar refractivity (Wildman–Crippen MR) is 170 cm³/mol. The maximum atomic E-state index is 11.9. The second-order valence-electron chi connectivity index (χ2n) is 7.57. The van der Waals surface area contributed by atoms with Crippen LogP contribution < -0.4 is 0 Å². The summed E-state index contributed by atoms with van der Waals surface area (Å²) in [5.41, 5.74) is 0. The second kappa shape index (κ2) is 27.9. The number of aliphatic hydroxyl groups excluding tert-OH is 1. The summed E-state index contributed by atoms with van der Waals surface area (Å²) in [6.45, 7) is 1.49. The molecule has 0 heterocycles. The molecule has 0 spiro atoms. The third-order valence-corrected chi connectivity index (χ3v) is 4.62. The zero-order chi connectivity index (χ0) is 25.8. The highest BCUT2D eigenvalue weighted by atomic mass is 32.1. The topological polar surface area (TPSA) is 72.8 Å². The van der Waals surface area contributed by atoms with Gasteiger partial charge in [0.25, 0.3) is 0 Å². The Morgan fingerprint density at radius 3 is 1.75 bits per heavy atom. The lowest BCUT2D eigenvalue weighted by atomic mass is 10.1. The Morgan fingerprint density at radius 2 is 1.25 bits per heavy atom. The van der Waals surface area contributed by atoms with Crippen LogP contribution in [0.1, 0.15) is 99.7 Å². The summed E-state index contributed by atoms with van der Waals surface area (Å²) in [6.07, 6.45) is 17.4. The van der Waals surface area contributed by atoms with E-state index >= 15 is 0 Å². The second-order valence-corrected chi connectivity index (χ2v) is 7.57. The molecule has 5 nitrogen and oxygen atoms in total. The van der Waals surface area contributed by atoms with Crippen LogP contribution in [-0.4, -0.2) is 36.4 Å². The Morgan fingerprint density at radius 1 is 0.778 bits per heavy atom. The van der Waals surface area contributed by atoms with E-state index in [-0.39, 0.29) is 42.2 Å². The van der Waals surface area contributed by atoms with Gasteiger partial charge in [-0.2, -0.15) is 13.5 Å². The Hall–Kier alpha value is -3.39. The van der Waals surface area contributed by atoms with E-state index in [0.717, 1.165) is 19.3 Å². The summed E-state index contributed by atoms with van der Waals surface area (Å²) >= 11 is 0. The lowest BCUT2D eigenvalue weighted by Gasteiger charge is -2.14. The molecule has 0 unspecified atom stereocenters. The van der Waals surface area contributed by atoms with Gasteiger partial charge in [0, 0.05) is 28.0 Å². The molecule has 0 aromatic heterocycles. The lowest BCUT2D eigenvalue weighted by Crippen LogP contribution is -2.28. The van der Waals surface area contributed by atoms with Gasteiger partial charge in [0.05, 0.1) is 6.61 Å². The maximum Gasteiger partial charge on any atom is 0.385 e. The fourth-order valence-electron chi connectivity index (χ4n) is 2.84. The summed E-state index contributed by atoms with van der Waals surface area (Å²) in [5.74, 6) is 24.4. The number of hydrogen-bond donors (Lipinski definition) is 1. The molecule has 0 aliphatic carbocycles. The molecule has 0 radical (unpaired) electrons. The molecule has 1 N–H and O–H groups in total. The molecule has 36 heavy (non-hydrogen) atoms. The van der Waals surface area contributed by atoms with Crippen molar-refractivity contribution in [3.05, 3.63) is 0 Å². The molecule has 6 heteroatoms. The molecule has 0 saturated carbocycles. The first kappa shape index (κ1) is 34.8. The zero-order valence-electron chi connectivity index (χ0n) is 21.1. The van der Waals surface area contributed by atoms with Crippen molar-refractivity contribution in [3.63, 3.8) is 0 Å². The number of aliphatic hydroxyl groups is 1. The normalized spacial score (nSPS) is 9.14. The Balaban J connectivity index is -0.0000000876. The summed E-state index contributed by atoms with van der Waals surface area (Å²) in [5, 5.41) is 9.34. The van der Waals surface area contributed by atoms with Crippen molar-refractivity contribution >= 4 is 25.4 Å². The van der Waals surface area contributed by atoms with Crippen LogP contribution in [-0.2, 0) is 19.1 Å². The molecule has 0 aliphatic rings. The van der Waals surface area contributed by atoms with Crippen molar-refractivity contribution in [1.82, 2.24) is 0 Å². The van der Waals surface area contributed by atoms with E-state index in [1.54, 1.807) is 0 Å². The summed E-state index contributed by atoms with van der Waals surface area (Å²) < 4.78 is 10.0. The molecule has 0 saturated heterocycles. The minimum atomic E-state index is -0.922. The fraction of sp³-hybridized carbons (Fsp3) is 0.533. The largest absolute Gasteiger partial charge is 0.456 e. The van der Waals surface area contributed by atoms with Crippen molar-refractivity contribution in [2.24, 2.45) is 0 Å². The molecule has 0 aromatic carbocycles. The molecule has 0 bridgehead atoms. The molecule has 0 rings (SSSR count). The lowest BCUT2D eigenvalue weighted by molar-refractivity contribution is -0.159. The van der Waals surface area contributed by atoms with Crippen LogP contribution in [0.2, 0.25) is 0 Å². The average Bonchev–Trinajstić information content (AvgIpc) is 2.86. The Bertz CT molecular complexity index is 1020. The zero-order valence-corrected chi connectivity index (χ0v) is 22.1. The quantitative estimate of drug-likeness (QED) is 0.105. The minimum absolute atomic E-state index is 0. The van der Waals surface area contributed by atoms with Gasteiger partial charge in [-0.25, -0.2) is 4.79 Å². The SMILES string of the molecule is C#CC#CC#CC#CC#CC#CC(=O)OC[C@H](CO)OC(=O)CCCCCCCCCCCCC.S.[HH].[HH].[HH].[HH].[HH].[HH].[HH].[HH].[HH].[HH].[HH]. The van der Waals surface area contributed by atoms with E-state index < -0.39 is 24.6 Å². The number of ether oxygens (including phenoxy) is 2. The van der Waals surface area contributed by atoms with Crippen molar-refractivity contribution < 1.29 is 39.9 Å². The molecule has 0 fully saturated rings. The molecule has 0 amide bonds. The number of carbonyl (C=O) groups is 2. The number of carbonyl (C=O) groups excluding carboxylic acids is 2. The van der Waals surface area contributed by atoms with E-state index in [0.29, 0.717) is 0 Å². The first-order valence-corrected chi connectivity index (χ1v) is 12.1. The number of hydrogen-bond acceptors (Lipinski definition) is 5. The number of terminal acetylenes is 1. The van der Waals surface area contributed by atoms with Crippen LogP contribution in [0.15, 0.2) is 0 Å². The van der Waals surface area contributed by atoms with Crippen LogP contribution in [0.5, 0.6) is 0 Å². The van der Waals surface area contributed by atoms with Gasteiger partial charge in [-0.3, -0.25) is 4.79 Å². The van der Waals surface area contributed by atoms with Gasteiger partial charge in [-0.1, -0.05) is 71.1 Å². The number of rotatable bonds is 16. The van der Waals surface area contributed by atoms with Gasteiger partial charge < -0.3 is 14.6 Å². The molecule has 1 atom stereocenters. The van der Waals surface area contributed by atoms with Crippen LogP contribution in [0, 0.1) is 71.5 Å².